The maximum Gasteiger partial charge on any atom is 0.322 e. The zero-order valence-corrected chi connectivity index (χ0v) is 17.0. The number of halogens is 1. The number of hydrogen-bond acceptors (Lipinski definition) is 6. The van der Waals surface area contributed by atoms with Crippen LogP contribution in [0.5, 0.6) is 5.75 Å². The van der Waals surface area contributed by atoms with Crippen molar-refractivity contribution in [3.05, 3.63) is 71.1 Å². The number of hydrogen-bond donors (Lipinski definition) is 3. The molecule has 0 unspecified atom stereocenters. The summed E-state index contributed by atoms with van der Waals surface area (Å²) >= 11 is 0. The molecule has 1 atom stereocenters. The Kier molecular flexibility index (Phi) is 4.50. The van der Waals surface area contributed by atoms with Gasteiger partial charge in [-0.15, -0.1) is 0 Å². The zero-order valence-electron chi connectivity index (χ0n) is 17.0. The van der Waals surface area contributed by atoms with Crippen LogP contribution in [0.1, 0.15) is 27.4 Å². The van der Waals surface area contributed by atoms with Gasteiger partial charge >= 0.3 is 6.03 Å². The van der Waals surface area contributed by atoms with Crippen molar-refractivity contribution < 1.29 is 27.9 Å². The summed E-state index contributed by atoms with van der Waals surface area (Å²) in [4.78, 5) is 39.3. The number of furan rings is 1. The van der Waals surface area contributed by atoms with Gasteiger partial charge in [0, 0.05) is 24.9 Å². The number of ether oxygens (including phenoxy) is 1. The van der Waals surface area contributed by atoms with Gasteiger partial charge in [0.1, 0.15) is 11.5 Å². The maximum atomic E-state index is 14.7. The number of imide groups is 1. The Morgan fingerprint density at radius 3 is 2.75 bits per heavy atom. The largest absolute Gasteiger partial charge is 0.494 e. The van der Waals surface area contributed by atoms with Crippen LogP contribution in [0.25, 0.3) is 5.57 Å². The average molecular weight is 438 g/mol. The molecule has 4 amide bonds. The summed E-state index contributed by atoms with van der Waals surface area (Å²) in [6, 6.07) is 5.62. The molecule has 9 nitrogen and oxygen atoms in total. The molecule has 164 valence electrons. The van der Waals surface area contributed by atoms with E-state index in [1.807, 2.05) is 12.2 Å². The lowest BCUT2D eigenvalue weighted by Gasteiger charge is -2.29. The Balaban J connectivity index is 1.50. The van der Waals surface area contributed by atoms with Gasteiger partial charge in [0.05, 0.1) is 19.2 Å². The van der Waals surface area contributed by atoms with Gasteiger partial charge in [-0.2, -0.15) is 0 Å². The molecule has 0 spiro atoms. The first-order chi connectivity index (χ1) is 15.4. The van der Waals surface area contributed by atoms with Gasteiger partial charge < -0.3 is 24.7 Å². The molecule has 3 N–H and O–H groups in total. The summed E-state index contributed by atoms with van der Waals surface area (Å²) in [5, 5.41) is 7.89. The fraction of sp³-hybridized carbons (Fsp3) is 0.227. The number of nitrogens with zero attached hydrogens (tertiary/aromatic N) is 1. The number of dihydropyridines is 1. The number of methoxy groups -OCH3 is 1. The highest BCUT2D eigenvalue weighted by Crippen LogP contribution is 2.35. The summed E-state index contributed by atoms with van der Waals surface area (Å²) in [5.41, 5.74) is -0.522. The van der Waals surface area contributed by atoms with Crippen molar-refractivity contribution in [2.75, 3.05) is 20.2 Å². The van der Waals surface area contributed by atoms with Gasteiger partial charge in [-0.05, 0) is 23.8 Å². The van der Waals surface area contributed by atoms with Gasteiger partial charge in [-0.3, -0.25) is 14.9 Å². The highest BCUT2D eigenvalue weighted by molar-refractivity contribution is 6.08. The second-order valence-electron chi connectivity index (χ2n) is 7.66. The third kappa shape index (κ3) is 2.95. The fourth-order valence-corrected chi connectivity index (χ4v) is 4.17. The predicted molar refractivity (Wildman–Crippen MR) is 110 cm³/mol. The standard InChI is InChI=1S/C22H19FN4O5/c1-31-15-5-4-13-10-27(19(28)17(13)18(15)23)11-22(20(29)25-21(30)26-22)16-7-6-14(32-16)12-3-2-8-24-9-12/h2-7,9,24H,8,10-11H2,1H3,(H2,25,26,29,30)/t22-/m0/s1. The van der Waals surface area contributed by atoms with Crippen molar-refractivity contribution in [1.29, 1.82) is 0 Å². The van der Waals surface area contributed by atoms with E-state index in [0.717, 1.165) is 5.57 Å². The summed E-state index contributed by atoms with van der Waals surface area (Å²) < 4.78 is 25.6. The number of benzene rings is 1. The Bertz CT molecular complexity index is 1220. The number of allylic oxidation sites excluding steroid dienone is 2. The van der Waals surface area contributed by atoms with Gasteiger partial charge in [0.15, 0.2) is 17.1 Å². The van der Waals surface area contributed by atoms with Crippen molar-refractivity contribution in [1.82, 2.24) is 20.9 Å². The van der Waals surface area contributed by atoms with Crippen LogP contribution in [-0.4, -0.2) is 42.9 Å². The monoisotopic (exact) mass is 438 g/mol. The van der Waals surface area contributed by atoms with E-state index >= 15 is 0 Å². The van der Waals surface area contributed by atoms with E-state index in [4.69, 9.17) is 9.15 Å². The van der Waals surface area contributed by atoms with Crippen molar-refractivity contribution >= 4 is 23.4 Å². The van der Waals surface area contributed by atoms with E-state index in [9.17, 15) is 18.8 Å². The van der Waals surface area contributed by atoms with Gasteiger partial charge in [0.2, 0.25) is 0 Å². The molecule has 0 radical (unpaired) electrons. The second-order valence-corrected chi connectivity index (χ2v) is 7.66. The number of fused-ring (bicyclic) bond motifs is 1. The molecule has 0 aliphatic carbocycles. The van der Waals surface area contributed by atoms with Crippen LogP contribution >= 0.6 is 0 Å². The molecule has 10 heteroatoms. The third-order valence-corrected chi connectivity index (χ3v) is 5.75. The summed E-state index contributed by atoms with van der Waals surface area (Å²) in [6.07, 6.45) is 5.57. The maximum absolute atomic E-state index is 14.7. The fourth-order valence-electron chi connectivity index (χ4n) is 4.17. The molecule has 1 aromatic carbocycles. The molecule has 32 heavy (non-hydrogen) atoms. The van der Waals surface area contributed by atoms with E-state index in [1.54, 1.807) is 24.4 Å². The number of amides is 4. The lowest BCUT2D eigenvalue weighted by Crippen LogP contribution is -2.52. The van der Waals surface area contributed by atoms with Crippen LogP contribution in [-0.2, 0) is 16.9 Å². The number of urea groups is 1. The summed E-state index contributed by atoms with van der Waals surface area (Å²) in [7, 11) is 1.32. The molecule has 1 saturated heterocycles. The number of carbonyl (C=O) groups is 3. The lowest BCUT2D eigenvalue weighted by molar-refractivity contribution is -0.125. The molecule has 3 aliphatic rings. The van der Waals surface area contributed by atoms with Crippen molar-refractivity contribution in [2.24, 2.45) is 0 Å². The van der Waals surface area contributed by atoms with Crippen LogP contribution < -0.4 is 20.7 Å². The summed E-state index contributed by atoms with van der Waals surface area (Å²) in [5.74, 6) is -1.40. The van der Waals surface area contributed by atoms with E-state index in [1.165, 1.54) is 18.1 Å². The Morgan fingerprint density at radius 1 is 1.22 bits per heavy atom. The van der Waals surface area contributed by atoms with E-state index in [-0.39, 0.29) is 30.2 Å². The van der Waals surface area contributed by atoms with Gasteiger partial charge in [0.25, 0.3) is 11.8 Å². The Labute approximate surface area is 181 Å². The van der Waals surface area contributed by atoms with Crippen LogP contribution in [0.3, 0.4) is 0 Å². The van der Waals surface area contributed by atoms with Gasteiger partial charge in [-0.25, -0.2) is 9.18 Å². The van der Waals surface area contributed by atoms with Crippen LogP contribution in [0, 0.1) is 5.82 Å². The topological polar surface area (TPSA) is 113 Å². The molecule has 3 aliphatic heterocycles. The van der Waals surface area contributed by atoms with E-state index < -0.39 is 29.2 Å². The quantitative estimate of drug-likeness (QED) is 0.612. The van der Waals surface area contributed by atoms with Crippen LogP contribution in [0.15, 0.2) is 47.0 Å². The van der Waals surface area contributed by atoms with Crippen molar-refractivity contribution in [2.45, 2.75) is 12.1 Å². The first-order valence-corrected chi connectivity index (χ1v) is 9.92. The molecule has 0 bridgehead atoms. The van der Waals surface area contributed by atoms with Crippen molar-refractivity contribution in [3.63, 3.8) is 0 Å². The van der Waals surface area contributed by atoms with Crippen LogP contribution in [0.4, 0.5) is 9.18 Å². The average Bonchev–Trinajstić information content (AvgIpc) is 3.47. The van der Waals surface area contributed by atoms with Crippen LogP contribution in [0.2, 0.25) is 0 Å². The smallest absolute Gasteiger partial charge is 0.322 e. The zero-order chi connectivity index (χ0) is 22.5. The minimum absolute atomic E-state index is 0.0429. The molecule has 1 fully saturated rings. The first-order valence-electron chi connectivity index (χ1n) is 9.92. The molecular weight excluding hydrogens is 419 g/mol. The first kappa shape index (κ1) is 19.9. The predicted octanol–water partition coefficient (Wildman–Crippen LogP) is 1.62. The molecule has 2 aromatic rings. The highest BCUT2D eigenvalue weighted by atomic mass is 19.1. The number of nitrogens with one attached hydrogen (secondary N) is 3. The Morgan fingerprint density at radius 2 is 2.06 bits per heavy atom. The normalized spacial score (nSPS) is 21.8. The SMILES string of the molecule is COc1ccc2c(c1F)C(=O)N(C[C@@]1(c3ccc(C4=CNCC=C4)o3)NC(=O)NC1=O)C2. The van der Waals surface area contributed by atoms with Gasteiger partial charge in [-0.1, -0.05) is 18.2 Å². The molecule has 5 rings (SSSR count). The molecule has 4 heterocycles. The van der Waals surface area contributed by atoms with E-state index in [2.05, 4.69) is 16.0 Å². The molecule has 0 saturated carbocycles. The molecular formula is C22H19FN4O5. The minimum atomic E-state index is -1.65. The highest BCUT2D eigenvalue weighted by Gasteiger charge is 2.53. The third-order valence-electron chi connectivity index (χ3n) is 5.75. The summed E-state index contributed by atoms with van der Waals surface area (Å²) in [6.45, 7) is 0.531. The minimum Gasteiger partial charge on any atom is -0.494 e. The Hall–Kier alpha value is -4.08. The number of rotatable bonds is 5. The molecule has 1 aromatic heterocycles. The second kappa shape index (κ2) is 7.26. The number of carbonyl (C=O) groups excluding carboxylic acids is 3. The lowest BCUT2D eigenvalue weighted by atomic mass is 9.95. The van der Waals surface area contributed by atoms with E-state index in [0.29, 0.717) is 17.9 Å². The van der Waals surface area contributed by atoms with Crippen molar-refractivity contribution in [3.8, 4) is 5.75 Å².